The summed E-state index contributed by atoms with van der Waals surface area (Å²) in [6, 6.07) is 10.4. The normalized spacial score (nSPS) is 13.9. The van der Waals surface area contributed by atoms with Crippen LogP contribution in [0.25, 0.3) is 0 Å². The standard InChI is InChI=1S/C18H22N6O2/c19-13-4-5-14(21-12-13)11-17(25)22-15-2-1-3-16(10-15)23-18(26)24-8-6-20-7-9-24/h1-5,10,12,20H,6-9,11,19H2,(H,22,25)(H,23,26). The number of hydrogen-bond donors (Lipinski definition) is 4. The number of hydrogen-bond acceptors (Lipinski definition) is 5. The number of anilines is 3. The molecule has 26 heavy (non-hydrogen) atoms. The summed E-state index contributed by atoms with van der Waals surface area (Å²) in [5.74, 6) is -0.187. The van der Waals surface area contributed by atoms with E-state index in [0.29, 0.717) is 35.8 Å². The number of nitrogen functional groups attached to an aromatic ring is 1. The first-order valence-electron chi connectivity index (χ1n) is 8.47. The molecule has 0 unspecified atom stereocenters. The number of nitrogens with zero attached hydrogens (tertiary/aromatic N) is 2. The lowest BCUT2D eigenvalue weighted by molar-refractivity contribution is -0.115. The molecule has 2 aromatic rings. The average molecular weight is 354 g/mol. The summed E-state index contributed by atoms with van der Waals surface area (Å²) in [5.41, 5.74) is 8.03. The van der Waals surface area contributed by atoms with Crippen molar-refractivity contribution in [1.29, 1.82) is 0 Å². The summed E-state index contributed by atoms with van der Waals surface area (Å²) < 4.78 is 0. The van der Waals surface area contributed by atoms with Gasteiger partial charge in [-0.2, -0.15) is 0 Å². The molecule has 0 atom stereocenters. The van der Waals surface area contributed by atoms with Crippen molar-refractivity contribution in [2.45, 2.75) is 6.42 Å². The maximum absolute atomic E-state index is 12.3. The number of aromatic nitrogens is 1. The van der Waals surface area contributed by atoms with Crippen LogP contribution in [0.3, 0.4) is 0 Å². The van der Waals surface area contributed by atoms with Gasteiger partial charge in [-0.1, -0.05) is 6.07 Å². The van der Waals surface area contributed by atoms with E-state index >= 15 is 0 Å². The number of nitrogens with two attached hydrogens (primary N) is 1. The SMILES string of the molecule is Nc1ccc(CC(=O)Nc2cccc(NC(=O)N3CCNCC3)c2)nc1. The summed E-state index contributed by atoms with van der Waals surface area (Å²) in [6.07, 6.45) is 1.67. The van der Waals surface area contributed by atoms with E-state index in [0.717, 1.165) is 13.1 Å². The molecule has 0 spiro atoms. The summed E-state index contributed by atoms with van der Waals surface area (Å²) in [7, 11) is 0. The van der Waals surface area contributed by atoms with Crippen molar-refractivity contribution in [2.24, 2.45) is 0 Å². The van der Waals surface area contributed by atoms with Crippen LogP contribution in [0.4, 0.5) is 21.9 Å². The van der Waals surface area contributed by atoms with E-state index in [9.17, 15) is 9.59 Å². The second-order valence-electron chi connectivity index (χ2n) is 6.06. The Hall–Kier alpha value is -3.13. The molecule has 8 nitrogen and oxygen atoms in total. The van der Waals surface area contributed by atoms with Gasteiger partial charge >= 0.3 is 6.03 Å². The van der Waals surface area contributed by atoms with Crippen LogP contribution in [0.15, 0.2) is 42.6 Å². The largest absolute Gasteiger partial charge is 0.397 e. The molecule has 5 N–H and O–H groups in total. The number of carbonyl (C=O) groups excluding carboxylic acids is 2. The lowest BCUT2D eigenvalue weighted by Crippen LogP contribution is -2.48. The van der Waals surface area contributed by atoms with E-state index < -0.39 is 0 Å². The second kappa shape index (κ2) is 8.30. The zero-order valence-electron chi connectivity index (χ0n) is 14.4. The van der Waals surface area contributed by atoms with Crippen LogP contribution in [0, 0.1) is 0 Å². The van der Waals surface area contributed by atoms with E-state index in [-0.39, 0.29) is 18.4 Å². The molecule has 0 radical (unpaired) electrons. The third kappa shape index (κ3) is 4.93. The smallest absolute Gasteiger partial charge is 0.321 e. The number of nitrogens with one attached hydrogen (secondary N) is 3. The average Bonchev–Trinajstić information content (AvgIpc) is 2.64. The zero-order chi connectivity index (χ0) is 18.4. The van der Waals surface area contributed by atoms with Crippen LogP contribution in [-0.4, -0.2) is 48.0 Å². The second-order valence-corrected chi connectivity index (χ2v) is 6.06. The van der Waals surface area contributed by atoms with Crippen molar-refractivity contribution in [3.8, 4) is 0 Å². The topological polar surface area (TPSA) is 112 Å². The Bertz CT molecular complexity index is 772. The Morgan fingerprint density at radius 3 is 2.54 bits per heavy atom. The summed E-state index contributed by atoms with van der Waals surface area (Å²) in [5, 5.41) is 8.88. The van der Waals surface area contributed by atoms with E-state index in [1.807, 2.05) is 0 Å². The number of pyridine rings is 1. The molecule has 0 bridgehead atoms. The Labute approximate surface area is 151 Å². The first-order valence-corrected chi connectivity index (χ1v) is 8.47. The van der Waals surface area contributed by atoms with Gasteiger partial charge in [0, 0.05) is 43.2 Å². The molecule has 0 aliphatic carbocycles. The van der Waals surface area contributed by atoms with Crippen LogP contribution in [0.2, 0.25) is 0 Å². The molecule has 1 aromatic heterocycles. The predicted octanol–water partition coefficient (Wildman–Crippen LogP) is 1.28. The molecule has 136 valence electrons. The maximum Gasteiger partial charge on any atom is 0.321 e. The fraction of sp³-hybridized carbons (Fsp3) is 0.278. The quantitative estimate of drug-likeness (QED) is 0.661. The van der Waals surface area contributed by atoms with E-state index in [4.69, 9.17) is 5.73 Å². The van der Waals surface area contributed by atoms with Crippen LogP contribution >= 0.6 is 0 Å². The maximum atomic E-state index is 12.3. The Morgan fingerprint density at radius 1 is 1.12 bits per heavy atom. The van der Waals surface area contributed by atoms with E-state index in [1.165, 1.54) is 6.20 Å². The highest BCUT2D eigenvalue weighted by atomic mass is 16.2. The van der Waals surface area contributed by atoms with Gasteiger partial charge in [-0.15, -0.1) is 0 Å². The number of amides is 3. The first kappa shape index (κ1) is 17.7. The van der Waals surface area contributed by atoms with E-state index in [1.54, 1.807) is 41.3 Å². The third-order valence-corrected chi connectivity index (χ3v) is 3.99. The predicted molar refractivity (Wildman–Crippen MR) is 101 cm³/mol. The van der Waals surface area contributed by atoms with E-state index in [2.05, 4.69) is 20.9 Å². The fourth-order valence-corrected chi connectivity index (χ4v) is 2.66. The lowest BCUT2D eigenvalue weighted by Gasteiger charge is -2.27. The minimum absolute atomic E-state index is 0.138. The number of carbonyl (C=O) groups is 2. The third-order valence-electron chi connectivity index (χ3n) is 3.99. The molecule has 1 saturated heterocycles. The van der Waals surface area contributed by atoms with Crippen molar-refractivity contribution in [2.75, 3.05) is 42.5 Å². The van der Waals surface area contributed by atoms with Crippen LogP contribution in [0.5, 0.6) is 0 Å². The molecule has 8 heteroatoms. The molecule has 1 aliphatic heterocycles. The van der Waals surface area contributed by atoms with Gasteiger partial charge in [0.1, 0.15) is 0 Å². The van der Waals surface area contributed by atoms with Crippen molar-refractivity contribution < 1.29 is 9.59 Å². The summed E-state index contributed by atoms with van der Waals surface area (Å²) in [4.78, 5) is 30.3. The van der Waals surface area contributed by atoms with Gasteiger partial charge in [-0.05, 0) is 30.3 Å². The minimum atomic E-state index is -0.187. The molecule has 0 saturated carbocycles. The highest BCUT2D eigenvalue weighted by Gasteiger charge is 2.16. The molecule has 1 aliphatic rings. The molecule has 1 fully saturated rings. The molecular weight excluding hydrogens is 332 g/mol. The Morgan fingerprint density at radius 2 is 1.85 bits per heavy atom. The monoisotopic (exact) mass is 354 g/mol. The lowest BCUT2D eigenvalue weighted by atomic mass is 10.2. The van der Waals surface area contributed by atoms with Crippen LogP contribution in [0.1, 0.15) is 5.69 Å². The van der Waals surface area contributed by atoms with Gasteiger partial charge in [-0.25, -0.2) is 4.79 Å². The summed E-state index contributed by atoms with van der Waals surface area (Å²) in [6.45, 7) is 2.94. The van der Waals surface area contributed by atoms with Gasteiger partial charge in [0.05, 0.1) is 18.3 Å². The molecule has 1 aromatic carbocycles. The van der Waals surface area contributed by atoms with Gasteiger partial charge < -0.3 is 26.6 Å². The molecule has 2 heterocycles. The number of piperazine rings is 1. The van der Waals surface area contributed by atoms with Crippen molar-refractivity contribution >= 4 is 29.0 Å². The van der Waals surface area contributed by atoms with Crippen LogP contribution < -0.4 is 21.7 Å². The number of rotatable bonds is 4. The van der Waals surface area contributed by atoms with Gasteiger partial charge in [0.25, 0.3) is 0 Å². The van der Waals surface area contributed by atoms with Gasteiger partial charge in [0.15, 0.2) is 0 Å². The van der Waals surface area contributed by atoms with Gasteiger partial charge in [0.2, 0.25) is 5.91 Å². The minimum Gasteiger partial charge on any atom is -0.397 e. The first-order chi connectivity index (χ1) is 12.6. The Balaban J connectivity index is 1.57. The van der Waals surface area contributed by atoms with Gasteiger partial charge in [-0.3, -0.25) is 9.78 Å². The highest BCUT2D eigenvalue weighted by molar-refractivity contribution is 5.94. The van der Waals surface area contributed by atoms with Crippen molar-refractivity contribution in [3.63, 3.8) is 0 Å². The fourth-order valence-electron chi connectivity index (χ4n) is 2.66. The number of urea groups is 1. The molecular formula is C18H22N6O2. The number of benzene rings is 1. The van der Waals surface area contributed by atoms with Crippen molar-refractivity contribution in [3.05, 3.63) is 48.3 Å². The highest BCUT2D eigenvalue weighted by Crippen LogP contribution is 2.16. The summed E-state index contributed by atoms with van der Waals surface area (Å²) >= 11 is 0. The Kier molecular flexibility index (Phi) is 5.65. The molecule has 3 rings (SSSR count). The molecule has 3 amide bonds. The van der Waals surface area contributed by atoms with Crippen LogP contribution in [-0.2, 0) is 11.2 Å². The van der Waals surface area contributed by atoms with Crippen molar-refractivity contribution in [1.82, 2.24) is 15.2 Å². The zero-order valence-corrected chi connectivity index (χ0v) is 14.4.